The third-order valence-corrected chi connectivity index (χ3v) is 9.07. The van der Waals surface area contributed by atoms with E-state index >= 15 is 0 Å². The van der Waals surface area contributed by atoms with E-state index in [1.807, 2.05) is 6.92 Å². The van der Waals surface area contributed by atoms with Gasteiger partial charge in [-0.15, -0.1) is 11.3 Å². The Morgan fingerprint density at radius 1 is 1.03 bits per heavy atom. The summed E-state index contributed by atoms with van der Waals surface area (Å²) in [5, 5.41) is 2.82. The maximum absolute atomic E-state index is 12.7. The van der Waals surface area contributed by atoms with Gasteiger partial charge >= 0.3 is 11.9 Å². The number of hydrogen-bond acceptors (Lipinski definition) is 10. The predicted octanol–water partition coefficient (Wildman–Crippen LogP) is 3.58. The zero-order chi connectivity index (χ0) is 28.9. The van der Waals surface area contributed by atoms with Crippen molar-refractivity contribution in [3.8, 4) is 0 Å². The molecular weight excluding hydrogens is 590 g/mol. The molecule has 0 saturated carbocycles. The first-order valence-electron chi connectivity index (χ1n) is 11.7. The smallest absolute Gasteiger partial charge is 0.348 e. The van der Waals surface area contributed by atoms with Crippen LogP contribution in [0.4, 0.5) is 5.00 Å². The Kier molecular flexibility index (Phi) is 10.0. The number of anilines is 1. The molecule has 2 heterocycles. The summed E-state index contributed by atoms with van der Waals surface area (Å²) < 4.78 is 37.9. The number of aryl methyl sites for hydroxylation is 1. The first-order valence-corrected chi connectivity index (χ1v) is 15.6. The van der Waals surface area contributed by atoms with Crippen LogP contribution in [-0.2, 0) is 35.4 Å². The number of ether oxygens (including phenoxy) is 2. The lowest BCUT2D eigenvalue weighted by molar-refractivity contribution is -0.115. The predicted molar refractivity (Wildman–Crippen MR) is 149 cm³/mol. The van der Waals surface area contributed by atoms with Gasteiger partial charge in [0.25, 0.3) is 5.91 Å². The number of carbonyl (C=O) groups is 4. The molecule has 0 aliphatic rings. The Bertz CT molecular complexity index is 1620. The number of amides is 2. The number of nitrogens with one attached hydrogen (secondary N) is 1. The maximum Gasteiger partial charge on any atom is 0.348 e. The second-order valence-corrected chi connectivity index (χ2v) is 12.6. The molecule has 1 N–H and O–H groups in total. The lowest BCUT2D eigenvalue weighted by Crippen LogP contribution is -2.28. The van der Waals surface area contributed by atoms with E-state index in [0.29, 0.717) is 16.4 Å². The molecule has 11 nitrogen and oxygen atoms in total. The molecule has 0 fully saturated rings. The van der Waals surface area contributed by atoms with Crippen molar-refractivity contribution < 1.29 is 37.1 Å². The summed E-state index contributed by atoms with van der Waals surface area (Å²) in [5.41, 5.74) is 0.958. The number of hydrogen-bond donors (Lipinski definition) is 1. The van der Waals surface area contributed by atoms with Gasteiger partial charge in [-0.25, -0.2) is 18.0 Å². The largest absolute Gasteiger partial charge is 0.462 e. The second-order valence-electron chi connectivity index (χ2n) is 8.03. The first kappa shape index (κ1) is 30.5. The number of benzene rings is 1. The molecule has 0 aliphatic carbocycles. The highest BCUT2D eigenvalue weighted by Crippen LogP contribution is 2.34. The summed E-state index contributed by atoms with van der Waals surface area (Å²) in [6, 6.07) is 5.21. The fourth-order valence-corrected chi connectivity index (χ4v) is 7.13. The van der Waals surface area contributed by atoms with E-state index in [-0.39, 0.29) is 34.2 Å². The summed E-state index contributed by atoms with van der Waals surface area (Å²) in [6.07, 6.45) is 0. The van der Waals surface area contributed by atoms with E-state index in [2.05, 4.69) is 10.3 Å². The van der Waals surface area contributed by atoms with E-state index in [1.54, 1.807) is 36.6 Å². The molecule has 0 unspecified atom stereocenters. The summed E-state index contributed by atoms with van der Waals surface area (Å²) in [4.78, 5) is 54.3. The Morgan fingerprint density at radius 3 is 2.33 bits per heavy atom. The highest BCUT2D eigenvalue weighted by Gasteiger charge is 2.29. The quantitative estimate of drug-likeness (QED) is 0.340. The standard InChI is InChI=1S/C24H26ClN3O8S3/c1-5-28-15-9-8-14(25)10-16(15)37-24(28)27-18(30)12-39(33,34)11-17(29)26-21-19(22(31)35-6-2)13(4)20(38-21)23(32)36-7-3/h8-10H,5-7,11-12H2,1-4H3,(H,26,29). The molecule has 2 amide bonds. The normalized spacial score (nSPS) is 12.0. The van der Waals surface area contributed by atoms with Gasteiger partial charge < -0.3 is 19.4 Å². The van der Waals surface area contributed by atoms with Crippen molar-refractivity contribution in [1.82, 2.24) is 4.57 Å². The number of thiophene rings is 1. The summed E-state index contributed by atoms with van der Waals surface area (Å²) in [6.45, 7) is 7.18. The van der Waals surface area contributed by atoms with E-state index in [9.17, 15) is 27.6 Å². The molecular formula is C24H26ClN3O8S3. The Balaban J connectivity index is 1.80. The summed E-state index contributed by atoms with van der Waals surface area (Å²) in [7, 11) is -4.23. The van der Waals surface area contributed by atoms with Crippen molar-refractivity contribution in [1.29, 1.82) is 0 Å². The van der Waals surface area contributed by atoms with Gasteiger partial charge in [0.2, 0.25) is 5.91 Å². The minimum absolute atomic E-state index is 0.0428. The van der Waals surface area contributed by atoms with Crippen LogP contribution in [0.3, 0.4) is 0 Å². The third-order valence-electron chi connectivity index (χ3n) is 5.22. The van der Waals surface area contributed by atoms with E-state index in [1.165, 1.54) is 18.3 Å². The zero-order valence-corrected chi connectivity index (χ0v) is 24.7. The molecule has 0 aliphatic heterocycles. The lowest BCUT2D eigenvalue weighted by Gasteiger charge is -2.07. The van der Waals surface area contributed by atoms with Crippen LogP contribution < -0.4 is 10.1 Å². The molecule has 3 rings (SSSR count). The van der Waals surface area contributed by atoms with Crippen LogP contribution in [0.25, 0.3) is 10.2 Å². The van der Waals surface area contributed by atoms with Crippen molar-refractivity contribution in [2.75, 3.05) is 30.0 Å². The average molecular weight is 616 g/mol. The van der Waals surface area contributed by atoms with Crippen molar-refractivity contribution in [2.24, 2.45) is 4.99 Å². The molecule has 39 heavy (non-hydrogen) atoms. The van der Waals surface area contributed by atoms with Crippen LogP contribution >= 0.6 is 34.3 Å². The SMILES string of the molecule is CCOC(=O)c1sc(NC(=O)CS(=O)(=O)CC(=O)N=c2sc3cc(Cl)ccc3n2CC)c(C(=O)OCC)c1C. The molecule has 0 radical (unpaired) electrons. The van der Waals surface area contributed by atoms with Crippen LogP contribution in [-0.4, -0.2) is 61.5 Å². The number of halogens is 1. The average Bonchev–Trinajstić information content (AvgIpc) is 3.33. The Labute approximate surface area is 237 Å². The molecule has 2 aromatic heterocycles. The van der Waals surface area contributed by atoms with Crippen LogP contribution in [0.5, 0.6) is 0 Å². The fraction of sp³-hybridized carbons (Fsp3) is 0.375. The zero-order valence-electron chi connectivity index (χ0n) is 21.5. The van der Waals surface area contributed by atoms with Gasteiger partial charge in [0.05, 0.1) is 29.0 Å². The molecule has 210 valence electrons. The fourth-order valence-electron chi connectivity index (χ4n) is 3.62. The van der Waals surface area contributed by atoms with Crippen molar-refractivity contribution in [3.05, 3.63) is 44.0 Å². The van der Waals surface area contributed by atoms with Gasteiger partial charge in [-0.2, -0.15) is 4.99 Å². The van der Waals surface area contributed by atoms with E-state index in [4.69, 9.17) is 21.1 Å². The third kappa shape index (κ3) is 7.32. The summed E-state index contributed by atoms with van der Waals surface area (Å²) >= 11 is 7.99. The van der Waals surface area contributed by atoms with Gasteiger partial charge in [0.1, 0.15) is 21.4 Å². The number of nitrogens with zero attached hydrogens (tertiary/aromatic N) is 2. The van der Waals surface area contributed by atoms with Gasteiger partial charge in [0, 0.05) is 11.6 Å². The second kappa shape index (κ2) is 12.9. The maximum atomic E-state index is 12.7. The number of rotatable bonds is 10. The van der Waals surface area contributed by atoms with E-state index in [0.717, 1.165) is 21.6 Å². The number of aromatic nitrogens is 1. The molecule has 0 bridgehead atoms. The van der Waals surface area contributed by atoms with Crippen LogP contribution in [0.15, 0.2) is 23.2 Å². The lowest BCUT2D eigenvalue weighted by atomic mass is 10.1. The number of thiazole rings is 1. The van der Waals surface area contributed by atoms with E-state index < -0.39 is 45.1 Å². The number of sulfone groups is 1. The number of esters is 2. The van der Waals surface area contributed by atoms with Gasteiger partial charge in [-0.1, -0.05) is 22.9 Å². The molecule has 0 saturated heterocycles. The molecule has 1 aromatic carbocycles. The number of fused-ring (bicyclic) bond motifs is 1. The highest BCUT2D eigenvalue weighted by atomic mass is 35.5. The first-order chi connectivity index (χ1) is 18.4. The van der Waals surface area contributed by atoms with Gasteiger partial charge in [-0.3, -0.25) is 9.59 Å². The van der Waals surface area contributed by atoms with Gasteiger partial charge in [-0.05, 0) is 51.5 Å². The summed E-state index contributed by atoms with van der Waals surface area (Å²) in [5.74, 6) is -5.46. The van der Waals surface area contributed by atoms with Crippen LogP contribution in [0, 0.1) is 6.92 Å². The minimum atomic E-state index is -4.23. The Hall–Kier alpha value is -3.07. The van der Waals surface area contributed by atoms with Crippen LogP contribution in [0.1, 0.15) is 46.4 Å². The van der Waals surface area contributed by atoms with Crippen molar-refractivity contribution in [2.45, 2.75) is 34.2 Å². The number of carbonyl (C=O) groups excluding carboxylic acids is 4. The Morgan fingerprint density at radius 2 is 1.69 bits per heavy atom. The topological polar surface area (TPSA) is 150 Å². The van der Waals surface area contributed by atoms with Crippen molar-refractivity contribution >= 4 is 83.1 Å². The molecule has 3 aromatic rings. The highest BCUT2D eigenvalue weighted by molar-refractivity contribution is 7.92. The molecule has 15 heteroatoms. The minimum Gasteiger partial charge on any atom is -0.462 e. The molecule has 0 atom stereocenters. The molecule has 0 spiro atoms. The van der Waals surface area contributed by atoms with Crippen molar-refractivity contribution in [3.63, 3.8) is 0 Å². The van der Waals surface area contributed by atoms with Crippen LogP contribution in [0.2, 0.25) is 5.02 Å². The van der Waals surface area contributed by atoms with Gasteiger partial charge in [0.15, 0.2) is 14.6 Å². The monoisotopic (exact) mass is 615 g/mol.